The van der Waals surface area contributed by atoms with Crippen LogP contribution in [0.1, 0.15) is 52.4 Å². The zero-order valence-electron chi connectivity index (χ0n) is 9.84. The standard InChI is InChI=1S/C12H26NO/c1-3-9-13(10-4-2)11-7-5-6-8-12(13)14/h12,14H,3-11H2,1-2H3/q+1. The molecular formula is C12H26NO+. The van der Waals surface area contributed by atoms with Gasteiger partial charge < -0.3 is 5.11 Å². The maximum atomic E-state index is 10.2. The molecule has 0 spiro atoms. The lowest BCUT2D eigenvalue weighted by Gasteiger charge is -2.41. The van der Waals surface area contributed by atoms with Gasteiger partial charge in [-0.15, -0.1) is 0 Å². The largest absolute Gasteiger partial charge is 0.345 e. The minimum atomic E-state index is -0.0857. The molecule has 14 heavy (non-hydrogen) atoms. The number of quaternary nitrogens is 1. The average Bonchev–Trinajstić information content (AvgIpc) is 2.32. The van der Waals surface area contributed by atoms with Gasteiger partial charge in [-0.05, 0) is 32.1 Å². The maximum absolute atomic E-state index is 10.2. The molecule has 0 saturated carbocycles. The lowest BCUT2D eigenvalue weighted by molar-refractivity contribution is -0.970. The quantitative estimate of drug-likeness (QED) is 0.691. The van der Waals surface area contributed by atoms with Crippen molar-refractivity contribution >= 4 is 0 Å². The summed E-state index contributed by atoms with van der Waals surface area (Å²) in [7, 11) is 0. The molecule has 1 fully saturated rings. The molecule has 1 aliphatic heterocycles. The number of aliphatic hydroxyl groups excluding tert-OH is 1. The van der Waals surface area contributed by atoms with Crippen LogP contribution in [0.5, 0.6) is 0 Å². The lowest BCUT2D eigenvalue weighted by Crippen LogP contribution is -2.56. The Morgan fingerprint density at radius 2 is 1.71 bits per heavy atom. The van der Waals surface area contributed by atoms with Crippen LogP contribution in [-0.4, -0.2) is 35.5 Å². The molecule has 0 amide bonds. The fraction of sp³-hybridized carbons (Fsp3) is 1.00. The van der Waals surface area contributed by atoms with Crippen molar-refractivity contribution in [3.8, 4) is 0 Å². The molecule has 1 aliphatic rings. The van der Waals surface area contributed by atoms with E-state index in [-0.39, 0.29) is 6.23 Å². The second-order valence-electron chi connectivity index (χ2n) is 4.72. The Morgan fingerprint density at radius 3 is 2.29 bits per heavy atom. The van der Waals surface area contributed by atoms with E-state index in [0.29, 0.717) is 0 Å². The van der Waals surface area contributed by atoms with Crippen LogP contribution in [0.25, 0.3) is 0 Å². The normalized spacial score (nSPS) is 27.2. The van der Waals surface area contributed by atoms with Gasteiger partial charge in [-0.1, -0.05) is 13.8 Å². The highest BCUT2D eigenvalue weighted by Gasteiger charge is 2.34. The van der Waals surface area contributed by atoms with Crippen LogP contribution in [0, 0.1) is 0 Å². The summed E-state index contributed by atoms with van der Waals surface area (Å²) in [6.07, 6.45) is 7.14. The van der Waals surface area contributed by atoms with E-state index < -0.39 is 0 Å². The molecule has 0 aromatic rings. The van der Waals surface area contributed by atoms with Crippen LogP contribution >= 0.6 is 0 Å². The molecule has 1 N–H and O–H groups in total. The van der Waals surface area contributed by atoms with Gasteiger partial charge in [0, 0.05) is 6.42 Å². The molecule has 2 heteroatoms. The first-order valence-corrected chi connectivity index (χ1v) is 6.29. The maximum Gasteiger partial charge on any atom is 0.190 e. The zero-order valence-corrected chi connectivity index (χ0v) is 9.84. The third kappa shape index (κ3) is 2.71. The van der Waals surface area contributed by atoms with Crippen molar-refractivity contribution < 1.29 is 9.59 Å². The van der Waals surface area contributed by atoms with Crippen LogP contribution in [0.2, 0.25) is 0 Å². The van der Waals surface area contributed by atoms with E-state index in [0.717, 1.165) is 24.0 Å². The third-order valence-corrected chi connectivity index (χ3v) is 3.54. The highest BCUT2D eigenvalue weighted by molar-refractivity contribution is 4.57. The minimum absolute atomic E-state index is 0.0857. The molecule has 0 aromatic heterocycles. The summed E-state index contributed by atoms with van der Waals surface area (Å²) in [5.41, 5.74) is 0. The van der Waals surface area contributed by atoms with Crippen LogP contribution in [0.3, 0.4) is 0 Å². The Kier molecular flexibility index (Phi) is 4.90. The Morgan fingerprint density at radius 1 is 1.07 bits per heavy atom. The first kappa shape index (κ1) is 12.0. The summed E-state index contributed by atoms with van der Waals surface area (Å²) in [5.74, 6) is 0. The Hall–Kier alpha value is -0.0800. The number of aliphatic hydroxyl groups is 1. The van der Waals surface area contributed by atoms with Gasteiger partial charge >= 0.3 is 0 Å². The van der Waals surface area contributed by atoms with Gasteiger partial charge in [0.2, 0.25) is 0 Å². The molecule has 1 heterocycles. The second kappa shape index (κ2) is 5.72. The molecule has 1 atom stereocenters. The molecule has 0 radical (unpaired) electrons. The summed E-state index contributed by atoms with van der Waals surface area (Å²) in [4.78, 5) is 0. The second-order valence-corrected chi connectivity index (χ2v) is 4.72. The van der Waals surface area contributed by atoms with Gasteiger partial charge in [-0.2, -0.15) is 0 Å². The molecule has 1 saturated heterocycles. The van der Waals surface area contributed by atoms with Gasteiger partial charge in [0.25, 0.3) is 0 Å². The number of hydrogen-bond acceptors (Lipinski definition) is 1. The predicted octanol–water partition coefficient (Wildman–Crippen LogP) is 2.52. The Labute approximate surface area is 88.5 Å². The van der Waals surface area contributed by atoms with Crippen molar-refractivity contribution in [1.29, 1.82) is 0 Å². The van der Waals surface area contributed by atoms with E-state index in [9.17, 15) is 5.11 Å². The van der Waals surface area contributed by atoms with E-state index in [2.05, 4.69) is 13.8 Å². The molecule has 0 bridgehead atoms. The number of rotatable bonds is 4. The fourth-order valence-electron chi connectivity index (χ4n) is 2.88. The van der Waals surface area contributed by atoms with Gasteiger partial charge in [0.1, 0.15) is 0 Å². The van der Waals surface area contributed by atoms with Crippen molar-refractivity contribution in [2.45, 2.75) is 58.6 Å². The smallest absolute Gasteiger partial charge is 0.190 e. The molecule has 1 rings (SSSR count). The van der Waals surface area contributed by atoms with Crippen molar-refractivity contribution in [3.63, 3.8) is 0 Å². The van der Waals surface area contributed by atoms with Crippen molar-refractivity contribution in [2.75, 3.05) is 19.6 Å². The highest BCUT2D eigenvalue weighted by atomic mass is 16.3. The molecule has 2 nitrogen and oxygen atoms in total. The summed E-state index contributed by atoms with van der Waals surface area (Å²) in [6.45, 7) is 7.98. The highest BCUT2D eigenvalue weighted by Crippen LogP contribution is 2.24. The average molecular weight is 200 g/mol. The molecule has 84 valence electrons. The molecule has 0 aliphatic carbocycles. The van der Waals surface area contributed by atoms with Crippen LogP contribution in [-0.2, 0) is 0 Å². The number of likely N-dealkylation sites (tertiary alicyclic amines) is 1. The molecular weight excluding hydrogens is 174 g/mol. The van der Waals surface area contributed by atoms with Crippen molar-refractivity contribution in [2.24, 2.45) is 0 Å². The third-order valence-electron chi connectivity index (χ3n) is 3.54. The van der Waals surface area contributed by atoms with E-state index in [1.165, 1.54) is 38.6 Å². The van der Waals surface area contributed by atoms with Gasteiger partial charge in [-0.25, -0.2) is 0 Å². The molecule has 1 unspecified atom stereocenters. The summed E-state index contributed by atoms with van der Waals surface area (Å²) >= 11 is 0. The van der Waals surface area contributed by atoms with Crippen molar-refractivity contribution in [3.05, 3.63) is 0 Å². The monoisotopic (exact) mass is 200 g/mol. The number of nitrogens with zero attached hydrogens (tertiary/aromatic N) is 1. The summed E-state index contributed by atoms with van der Waals surface area (Å²) in [6, 6.07) is 0. The van der Waals surface area contributed by atoms with Crippen LogP contribution in [0.15, 0.2) is 0 Å². The fourth-order valence-corrected chi connectivity index (χ4v) is 2.88. The Bertz CT molecular complexity index is 152. The summed E-state index contributed by atoms with van der Waals surface area (Å²) in [5, 5.41) is 10.2. The zero-order chi connectivity index (χ0) is 10.4. The van der Waals surface area contributed by atoms with Crippen LogP contribution in [0.4, 0.5) is 0 Å². The summed E-state index contributed by atoms with van der Waals surface area (Å²) < 4.78 is 0.979. The molecule has 0 aromatic carbocycles. The SMILES string of the molecule is CCC[N+]1(CCC)CCCCCC1O. The first-order valence-electron chi connectivity index (χ1n) is 6.29. The van der Waals surface area contributed by atoms with Gasteiger partial charge in [0.15, 0.2) is 6.23 Å². The Balaban J connectivity index is 2.68. The van der Waals surface area contributed by atoms with Crippen molar-refractivity contribution in [1.82, 2.24) is 0 Å². The number of hydrogen-bond donors (Lipinski definition) is 1. The topological polar surface area (TPSA) is 20.2 Å². The van der Waals surface area contributed by atoms with Gasteiger partial charge in [-0.3, -0.25) is 4.48 Å². The van der Waals surface area contributed by atoms with Gasteiger partial charge in [0.05, 0.1) is 19.6 Å². The van der Waals surface area contributed by atoms with Crippen LogP contribution < -0.4 is 0 Å². The van der Waals surface area contributed by atoms with E-state index in [1.807, 2.05) is 0 Å². The first-order chi connectivity index (χ1) is 6.75. The van der Waals surface area contributed by atoms with E-state index in [1.54, 1.807) is 0 Å². The van der Waals surface area contributed by atoms with E-state index >= 15 is 0 Å². The lowest BCUT2D eigenvalue weighted by atomic mass is 10.2. The van der Waals surface area contributed by atoms with E-state index in [4.69, 9.17) is 0 Å². The minimum Gasteiger partial charge on any atom is -0.345 e. The predicted molar refractivity (Wildman–Crippen MR) is 59.9 cm³/mol.